The van der Waals surface area contributed by atoms with E-state index in [1.807, 2.05) is 29.7 Å². The van der Waals surface area contributed by atoms with Crippen molar-refractivity contribution < 1.29 is 9.53 Å². The lowest BCUT2D eigenvalue weighted by molar-refractivity contribution is 0.0952. The number of carbonyl (C=O) groups is 1. The number of benzene rings is 1. The summed E-state index contributed by atoms with van der Waals surface area (Å²) in [4.78, 5) is 12.0. The van der Waals surface area contributed by atoms with Crippen LogP contribution in [0.3, 0.4) is 0 Å². The Morgan fingerprint density at radius 2 is 2.10 bits per heavy atom. The van der Waals surface area contributed by atoms with Crippen molar-refractivity contribution in [2.75, 3.05) is 7.11 Å². The molecule has 9 heteroatoms. The highest BCUT2D eigenvalue weighted by Gasteiger charge is 2.16. The number of carbonyl (C=O) groups excluding carboxylic acids is 1. The molecule has 102 valence electrons. The van der Waals surface area contributed by atoms with E-state index in [0.717, 1.165) is 22.6 Å². The summed E-state index contributed by atoms with van der Waals surface area (Å²) in [7, 11) is 1.60. The largest absolute Gasteiger partial charge is 0.497 e. The Labute approximate surface area is 117 Å². The summed E-state index contributed by atoms with van der Waals surface area (Å²) in [5.41, 5.74) is 2.86. The predicted molar refractivity (Wildman–Crippen MR) is 72.3 cm³/mol. The fraction of sp³-hybridized carbons (Fsp3) is 0.0909. The number of nitrogens with zero attached hydrogens (tertiary/aromatic N) is 4. The quantitative estimate of drug-likeness (QED) is 0.412. The number of rotatable bonds is 3. The fourth-order valence-corrected chi connectivity index (χ4v) is 2.43. The normalized spacial score (nSPS) is 10.7. The van der Waals surface area contributed by atoms with Crippen molar-refractivity contribution in [2.24, 2.45) is 5.84 Å². The second-order valence-corrected chi connectivity index (χ2v) is 4.78. The highest BCUT2D eigenvalue weighted by molar-refractivity contribution is 7.18. The predicted octanol–water partition coefficient (Wildman–Crippen LogP) is 0.465. The molecular formula is C11H10N6O2S. The smallest absolute Gasteiger partial charge is 0.296 e. The average Bonchev–Trinajstić information content (AvgIpc) is 3.06. The maximum atomic E-state index is 11.4. The minimum absolute atomic E-state index is 0.229. The third-order valence-corrected chi connectivity index (χ3v) is 3.56. The molecule has 0 saturated carbocycles. The third kappa shape index (κ3) is 1.98. The molecule has 0 aliphatic heterocycles. The van der Waals surface area contributed by atoms with Crippen LogP contribution in [0.15, 0.2) is 24.3 Å². The summed E-state index contributed by atoms with van der Waals surface area (Å²) in [6.45, 7) is 0. The van der Waals surface area contributed by atoms with E-state index in [-0.39, 0.29) is 5.01 Å². The van der Waals surface area contributed by atoms with Crippen LogP contribution in [0.4, 0.5) is 0 Å². The van der Waals surface area contributed by atoms with Gasteiger partial charge in [0.25, 0.3) is 5.91 Å². The Morgan fingerprint density at radius 1 is 1.35 bits per heavy atom. The Hall–Kier alpha value is -2.52. The molecule has 0 unspecified atom stereocenters. The van der Waals surface area contributed by atoms with E-state index in [9.17, 15) is 4.79 Å². The Kier molecular flexibility index (Phi) is 3.05. The van der Waals surface area contributed by atoms with Crippen molar-refractivity contribution in [1.82, 2.24) is 25.2 Å². The minimum atomic E-state index is -0.457. The highest BCUT2D eigenvalue weighted by Crippen LogP contribution is 2.23. The topological polar surface area (TPSA) is 107 Å². The van der Waals surface area contributed by atoms with E-state index in [4.69, 9.17) is 10.6 Å². The van der Waals surface area contributed by atoms with Gasteiger partial charge in [0.05, 0.1) is 7.11 Å². The number of methoxy groups -OCH3 is 1. The SMILES string of the molecule is COc1ccc(-c2nnc3sc(C(=O)NN)nn23)cc1. The van der Waals surface area contributed by atoms with Gasteiger partial charge in [-0.05, 0) is 24.3 Å². The van der Waals surface area contributed by atoms with Crippen molar-refractivity contribution >= 4 is 22.2 Å². The van der Waals surface area contributed by atoms with E-state index in [0.29, 0.717) is 10.8 Å². The van der Waals surface area contributed by atoms with Gasteiger partial charge in [-0.1, -0.05) is 11.3 Å². The number of hydrogen-bond donors (Lipinski definition) is 2. The van der Waals surface area contributed by atoms with Gasteiger partial charge in [-0.25, -0.2) is 5.84 Å². The van der Waals surface area contributed by atoms with E-state index in [1.165, 1.54) is 4.52 Å². The molecule has 3 N–H and O–H groups in total. The maximum absolute atomic E-state index is 11.4. The number of aromatic nitrogens is 4. The number of nitrogens with one attached hydrogen (secondary N) is 1. The van der Waals surface area contributed by atoms with E-state index in [2.05, 4.69) is 15.3 Å². The van der Waals surface area contributed by atoms with Gasteiger partial charge in [0.15, 0.2) is 5.82 Å². The summed E-state index contributed by atoms with van der Waals surface area (Å²) < 4.78 is 6.61. The molecule has 1 amide bonds. The number of nitrogen functional groups attached to an aromatic ring is 1. The van der Waals surface area contributed by atoms with Crippen LogP contribution in [-0.4, -0.2) is 32.8 Å². The molecule has 3 rings (SSSR count). The van der Waals surface area contributed by atoms with Crippen molar-refractivity contribution in [3.63, 3.8) is 0 Å². The van der Waals surface area contributed by atoms with Crippen LogP contribution in [-0.2, 0) is 0 Å². The summed E-state index contributed by atoms with van der Waals surface area (Å²) in [6, 6.07) is 7.32. The summed E-state index contributed by atoms with van der Waals surface area (Å²) in [5.74, 6) is 5.92. The molecule has 0 fully saturated rings. The average molecular weight is 290 g/mol. The lowest BCUT2D eigenvalue weighted by atomic mass is 10.2. The molecule has 8 nitrogen and oxygen atoms in total. The first-order valence-electron chi connectivity index (χ1n) is 5.60. The molecule has 0 saturated heterocycles. The zero-order valence-corrected chi connectivity index (χ0v) is 11.2. The first kappa shape index (κ1) is 12.5. The molecule has 3 aromatic rings. The van der Waals surface area contributed by atoms with Gasteiger partial charge in [-0.2, -0.15) is 4.52 Å². The maximum Gasteiger partial charge on any atom is 0.296 e. The highest BCUT2D eigenvalue weighted by atomic mass is 32.1. The number of hydrazine groups is 1. The molecule has 2 heterocycles. The van der Waals surface area contributed by atoms with Crippen LogP contribution in [0.5, 0.6) is 5.75 Å². The first-order chi connectivity index (χ1) is 9.72. The monoisotopic (exact) mass is 290 g/mol. The van der Waals surface area contributed by atoms with Crippen LogP contribution in [0.25, 0.3) is 16.3 Å². The van der Waals surface area contributed by atoms with Crippen molar-refractivity contribution in [2.45, 2.75) is 0 Å². The van der Waals surface area contributed by atoms with Crippen LogP contribution in [0, 0.1) is 0 Å². The fourth-order valence-electron chi connectivity index (χ4n) is 1.69. The third-order valence-electron chi connectivity index (χ3n) is 2.66. The summed E-state index contributed by atoms with van der Waals surface area (Å²) in [6.07, 6.45) is 0. The molecule has 2 aromatic heterocycles. The van der Waals surface area contributed by atoms with E-state index >= 15 is 0 Å². The molecule has 0 aliphatic rings. The molecule has 0 aliphatic carbocycles. The number of nitrogens with two attached hydrogens (primary N) is 1. The van der Waals surface area contributed by atoms with Crippen molar-refractivity contribution in [1.29, 1.82) is 0 Å². The van der Waals surface area contributed by atoms with Crippen molar-refractivity contribution in [3.05, 3.63) is 29.3 Å². The Balaban J connectivity index is 2.06. The number of hydrogen-bond acceptors (Lipinski definition) is 7. The Morgan fingerprint density at radius 3 is 2.75 bits per heavy atom. The standard InChI is InChI=1S/C11H10N6O2S/c1-19-7-4-2-6(3-5-7)8-14-15-11-17(8)16-10(20-11)9(18)13-12/h2-5H,12H2,1H3,(H,13,18). The molecule has 0 spiro atoms. The molecule has 1 aromatic carbocycles. The lowest BCUT2D eigenvalue weighted by Gasteiger charge is -2.00. The number of ether oxygens (including phenoxy) is 1. The summed E-state index contributed by atoms with van der Waals surface area (Å²) in [5, 5.41) is 12.4. The second kappa shape index (κ2) is 4.87. The van der Waals surface area contributed by atoms with Gasteiger partial charge < -0.3 is 4.74 Å². The van der Waals surface area contributed by atoms with Gasteiger partial charge >= 0.3 is 0 Å². The molecule has 0 radical (unpaired) electrons. The number of fused-ring (bicyclic) bond motifs is 1. The molecule has 0 atom stereocenters. The van der Waals surface area contributed by atoms with Crippen LogP contribution in [0.2, 0.25) is 0 Å². The summed E-state index contributed by atoms with van der Waals surface area (Å²) >= 11 is 1.11. The first-order valence-corrected chi connectivity index (χ1v) is 6.42. The number of amides is 1. The van der Waals surface area contributed by atoms with E-state index < -0.39 is 5.91 Å². The zero-order valence-electron chi connectivity index (χ0n) is 10.4. The van der Waals surface area contributed by atoms with Gasteiger partial charge in [-0.15, -0.1) is 15.3 Å². The van der Waals surface area contributed by atoms with E-state index in [1.54, 1.807) is 7.11 Å². The second-order valence-electron chi connectivity index (χ2n) is 3.83. The van der Waals surface area contributed by atoms with Crippen LogP contribution >= 0.6 is 11.3 Å². The molecular weight excluding hydrogens is 280 g/mol. The zero-order chi connectivity index (χ0) is 14.1. The Bertz CT molecular complexity index is 763. The van der Waals surface area contributed by atoms with Gasteiger partial charge in [0.1, 0.15) is 5.75 Å². The van der Waals surface area contributed by atoms with Gasteiger partial charge in [0, 0.05) is 5.56 Å². The molecule has 20 heavy (non-hydrogen) atoms. The van der Waals surface area contributed by atoms with Gasteiger partial charge in [0.2, 0.25) is 9.97 Å². The van der Waals surface area contributed by atoms with Gasteiger partial charge in [-0.3, -0.25) is 10.2 Å². The lowest BCUT2D eigenvalue weighted by Crippen LogP contribution is -2.29. The minimum Gasteiger partial charge on any atom is -0.497 e. The van der Waals surface area contributed by atoms with Crippen LogP contribution in [0.1, 0.15) is 9.80 Å². The van der Waals surface area contributed by atoms with Crippen LogP contribution < -0.4 is 16.0 Å². The van der Waals surface area contributed by atoms with Crippen molar-refractivity contribution in [3.8, 4) is 17.1 Å². The molecule has 0 bridgehead atoms.